The summed E-state index contributed by atoms with van der Waals surface area (Å²) in [6.45, 7) is 1.42. The van der Waals surface area contributed by atoms with E-state index in [9.17, 15) is 9.90 Å². The van der Waals surface area contributed by atoms with Crippen LogP contribution in [0.15, 0.2) is 12.3 Å². The fourth-order valence-corrected chi connectivity index (χ4v) is 2.97. The summed E-state index contributed by atoms with van der Waals surface area (Å²) in [4.78, 5) is 15.9. The van der Waals surface area contributed by atoms with Gasteiger partial charge in [-0.1, -0.05) is 0 Å². The first-order valence-corrected chi connectivity index (χ1v) is 8.08. The van der Waals surface area contributed by atoms with Gasteiger partial charge in [0.05, 0.1) is 12.6 Å². The summed E-state index contributed by atoms with van der Waals surface area (Å²) in [6, 6.07) is 1.79. The van der Waals surface area contributed by atoms with Gasteiger partial charge in [0.25, 0.3) is 0 Å². The Balaban J connectivity index is 1.70. The van der Waals surface area contributed by atoms with Gasteiger partial charge in [-0.2, -0.15) is 10.1 Å². The fraction of sp³-hybridized carbons (Fsp3) is 0.562. The van der Waals surface area contributed by atoms with Crippen molar-refractivity contribution in [1.82, 2.24) is 14.8 Å². The van der Waals surface area contributed by atoms with Crippen LogP contribution >= 0.6 is 0 Å². The maximum atomic E-state index is 11.5. The third-order valence-corrected chi connectivity index (χ3v) is 4.55. The van der Waals surface area contributed by atoms with Crippen LogP contribution in [-0.2, 0) is 4.74 Å². The van der Waals surface area contributed by atoms with Gasteiger partial charge >= 0.3 is 5.97 Å². The van der Waals surface area contributed by atoms with Crippen LogP contribution in [-0.4, -0.2) is 45.2 Å². The number of carboxylic acids is 1. The van der Waals surface area contributed by atoms with E-state index in [0.29, 0.717) is 17.6 Å². The highest BCUT2D eigenvalue weighted by Gasteiger charge is 2.25. The molecule has 1 atom stereocenters. The summed E-state index contributed by atoms with van der Waals surface area (Å²) < 4.78 is 13.1. The van der Waals surface area contributed by atoms with Gasteiger partial charge in [-0.15, -0.1) is 0 Å². The van der Waals surface area contributed by atoms with Crippen molar-refractivity contribution in [2.75, 3.05) is 13.2 Å². The number of carbonyl (C=O) groups is 1. The summed E-state index contributed by atoms with van der Waals surface area (Å²) in [7, 11) is 0. The number of aromatic carboxylic acids is 1. The summed E-state index contributed by atoms with van der Waals surface area (Å²) in [5, 5.41) is 14.6. The largest absolute Gasteiger partial charge is 0.477 e. The molecule has 0 radical (unpaired) electrons. The number of rotatable bonds is 4. The summed E-state index contributed by atoms with van der Waals surface area (Å²) in [5.41, 5.74) is 0.624. The molecule has 122 valence electrons. The van der Waals surface area contributed by atoms with Crippen LogP contribution in [0.1, 0.15) is 48.5 Å². The molecule has 1 N–H and O–H groups in total. The Bertz CT molecular complexity index is 732. The highest BCUT2D eigenvalue weighted by Crippen LogP contribution is 2.29. The average Bonchev–Trinajstić information content (AvgIpc) is 2.93. The standard InChI is InChI=1S/C16H19N3O4/c20-16(21)13-7-10-8-19(11-3-2-6-22-9-11)18-14(10)17-15(13)23-12-4-1-5-12/h7-8,11-12H,1-6,9H2,(H,20,21). The predicted molar refractivity (Wildman–Crippen MR) is 81.8 cm³/mol. The molecule has 7 heteroatoms. The Hall–Kier alpha value is -2.15. The number of nitrogens with zero attached hydrogens (tertiary/aromatic N) is 3. The SMILES string of the molecule is O=C(O)c1cc2cn(C3CCCOC3)nc2nc1OC1CCC1. The van der Waals surface area contributed by atoms with E-state index < -0.39 is 5.97 Å². The highest BCUT2D eigenvalue weighted by atomic mass is 16.5. The maximum Gasteiger partial charge on any atom is 0.341 e. The smallest absolute Gasteiger partial charge is 0.341 e. The number of hydrogen-bond acceptors (Lipinski definition) is 5. The Morgan fingerprint density at radius 2 is 2.22 bits per heavy atom. The molecule has 2 aromatic heterocycles. The van der Waals surface area contributed by atoms with E-state index in [1.54, 1.807) is 6.07 Å². The lowest BCUT2D eigenvalue weighted by molar-refractivity contribution is 0.0551. The van der Waals surface area contributed by atoms with Crippen molar-refractivity contribution in [3.63, 3.8) is 0 Å². The minimum absolute atomic E-state index is 0.0758. The van der Waals surface area contributed by atoms with Gasteiger partial charge in [-0.3, -0.25) is 4.68 Å². The van der Waals surface area contributed by atoms with Crippen molar-refractivity contribution < 1.29 is 19.4 Å². The van der Waals surface area contributed by atoms with Crippen LogP contribution < -0.4 is 4.74 Å². The molecule has 7 nitrogen and oxygen atoms in total. The zero-order chi connectivity index (χ0) is 15.8. The van der Waals surface area contributed by atoms with Crippen molar-refractivity contribution in [2.45, 2.75) is 44.2 Å². The highest BCUT2D eigenvalue weighted by molar-refractivity contribution is 5.94. The van der Waals surface area contributed by atoms with Crippen LogP contribution in [0, 0.1) is 0 Å². The van der Waals surface area contributed by atoms with Crippen LogP contribution in [0.5, 0.6) is 5.88 Å². The Morgan fingerprint density at radius 1 is 1.35 bits per heavy atom. The number of ether oxygens (including phenoxy) is 2. The van der Waals surface area contributed by atoms with Crippen molar-refractivity contribution in [1.29, 1.82) is 0 Å². The molecule has 1 saturated heterocycles. The first-order chi connectivity index (χ1) is 11.2. The van der Waals surface area contributed by atoms with Gasteiger partial charge in [0.15, 0.2) is 5.65 Å². The molecule has 2 aliphatic rings. The van der Waals surface area contributed by atoms with E-state index in [1.807, 2.05) is 10.9 Å². The third kappa shape index (κ3) is 2.76. The molecular formula is C16H19N3O4. The minimum atomic E-state index is -1.03. The summed E-state index contributed by atoms with van der Waals surface area (Å²) in [5.74, 6) is -0.845. The van der Waals surface area contributed by atoms with E-state index >= 15 is 0 Å². The average molecular weight is 317 g/mol. The number of pyridine rings is 1. The molecule has 2 fully saturated rings. The molecular weight excluding hydrogens is 298 g/mol. The van der Waals surface area contributed by atoms with Crippen LogP contribution in [0.4, 0.5) is 0 Å². The topological polar surface area (TPSA) is 86.5 Å². The molecule has 0 spiro atoms. The first kappa shape index (κ1) is 14.4. The molecule has 1 aliphatic carbocycles. The summed E-state index contributed by atoms with van der Waals surface area (Å²) in [6.07, 6.45) is 6.95. The van der Waals surface area contributed by atoms with E-state index in [4.69, 9.17) is 9.47 Å². The second-order valence-corrected chi connectivity index (χ2v) is 6.21. The van der Waals surface area contributed by atoms with Gasteiger partial charge in [0.2, 0.25) is 5.88 Å². The number of hydrogen-bond donors (Lipinski definition) is 1. The molecule has 23 heavy (non-hydrogen) atoms. The second-order valence-electron chi connectivity index (χ2n) is 6.21. The van der Waals surface area contributed by atoms with Gasteiger partial charge in [0.1, 0.15) is 11.7 Å². The van der Waals surface area contributed by atoms with E-state index in [-0.39, 0.29) is 23.6 Å². The zero-order valence-corrected chi connectivity index (χ0v) is 12.8. The monoisotopic (exact) mass is 317 g/mol. The van der Waals surface area contributed by atoms with Gasteiger partial charge in [0, 0.05) is 18.2 Å². The van der Waals surface area contributed by atoms with E-state index in [0.717, 1.165) is 38.7 Å². The van der Waals surface area contributed by atoms with Crippen LogP contribution in [0.2, 0.25) is 0 Å². The molecule has 1 saturated carbocycles. The molecule has 0 amide bonds. The molecule has 3 heterocycles. The van der Waals surface area contributed by atoms with Gasteiger partial charge in [-0.05, 0) is 38.2 Å². The normalized spacial score (nSPS) is 22.0. The molecule has 2 aromatic rings. The second kappa shape index (κ2) is 5.81. The van der Waals surface area contributed by atoms with Crippen LogP contribution in [0.3, 0.4) is 0 Å². The molecule has 0 bridgehead atoms. The zero-order valence-electron chi connectivity index (χ0n) is 12.8. The van der Waals surface area contributed by atoms with E-state index in [2.05, 4.69) is 10.1 Å². The number of carboxylic acid groups (broad SMARTS) is 1. The Labute approximate surface area is 133 Å². The molecule has 1 unspecified atom stereocenters. The Morgan fingerprint density at radius 3 is 2.87 bits per heavy atom. The van der Waals surface area contributed by atoms with Crippen molar-refractivity contribution in [3.05, 3.63) is 17.8 Å². The molecule has 0 aromatic carbocycles. The van der Waals surface area contributed by atoms with Crippen LogP contribution in [0.25, 0.3) is 11.0 Å². The lowest BCUT2D eigenvalue weighted by Crippen LogP contribution is -2.26. The lowest BCUT2D eigenvalue weighted by atomic mass is 9.96. The number of fused-ring (bicyclic) bond motifs is 1. The third-order valence-electron chi connectivity index (χ3n) is 4.55. The molecule has 4 rings (SSSR count). The number of aromatic nitrogens is 3. The predicted octanol–water partition coefficient (Wildman–Crippen LogP) is 2.41. The maximum absolute atomic E-state index is 11.5. The Kier molecular flexibility index (Phi) is 3.65. The fourth-order valence-electron chi connectivity index (χ4n) is 2.97. The quantitative estimate of drug-likeness (QED) is 0.932. The molecule has 1 aliphatic heterocycles. The lowest BCUT2D eigenvalue weighted by Gasteiger charge is -2.26. The van der Waals surface area contributed by atoms with Crippen molar-refractivity contribution >= 4 is 17.0 Å². The van der Waals surface area contributed by atoms with Crippen molar-refractivity contribution in [3.8, 4) is 5.88 Å². The van der Waals surface area contributed by atoms with E-state index in [1.165, 1.54) is 0 Å². The van der Waals surface area contributed by atoms with Gasteiger partial charge in [-0.25, -0.2) is 4.79 Å². The van der Waals surface area contributed by atoms with Crippen molar-refractivity contribution in [2.24, 2.45) is 0 Å². The minimum Gasteiger partial charge on any atom is -0.477 e. The van der Waals surface area contributed by atoms with Gasteiger partial charge < -0.3 is 14.6 Å². The first-order valence-electron chi connectivity index (χ1n) is 8.08. The summed E-state index contributed by atoms with van der Waals surface area (Å²) >= 11 is 0.